The van der Waals surface area contributed by atoms with Crippen molar-refractivity contribution in [3.63, 3.8) is 0 Å². The SMILES string of the molecule is Cn1cc(C(=O)c2cccc3c2c2ccccc2n3C2CCN(Cc3ccccn3)CC2)c2ccccc21. The summed E-state index contributed by atoms with van der Waals surface area (Å²) >= 11 is 0. The average Bonchev–Trinajstić information content (AvgIpc) is 3.49. The van der Waals surface area contributed by atoms with E-state index in [9.17, 15) is 4.79 Å². The number of rotatable bonds is 5. The summed E-state index contributed by atoms with van der Waals surface area (Å²) in [5.41, 5.74) is 6.10. The second-order valence-electron chi connectivity index (χ2n) is 10.4. The maximum atomic E-state index is 14.1. The number of fused-ring (bicyclic) bond motifs is 4. The molecule has 1 fully saturated rings. The van der Waals surface area contributed by atoms with Crippen LogP contribution in [-0.2, 0) is 13.6 Å². The summed E-state index contributed by atoms with van der Waals surface area (Å²) in [6.07, 6.45) is 5.99. The highest BCUT2D eigenvalue weighted by Gasteiger charge is 2.26. The van der Waals surface area contributed by atoms with Crippen LogP contribution >= 0.6 is 0 Å². The van der Waals surface area contributed by atoms with Crippen molar-refractivity contribution in [2.24, 2.45) is 7.05 Å². The molecule has 4 heterocycles. The van der Waals surface area contributed by atoms with E-state index in [1.54, 1.807) is 0 Å². The number of para-hydroxylation sites is 2. The number of hydrogen-bond donors (Lipinski definition) is 0. The van der Waals surface area contributed by atoms with Gasteiger partial charge in [-0.05, 0) is 43.2 Å². The van der Waals surface area contributed by atoms with Crippen molar-refractivity contribution < 1.29 is 4.79 Å². The Hall–Kier alpha value is -4.22. The first-order valence-electron chi connectivity index (χ1n) is 13.4. The minimum absolute atomic E-state index is 0.0838. The van der Waals surface area contributed by atoms with Gasteiger partial charge in [-0.25, -0.2) is 0 Å². The van der Waals surface area contributed by atoms with Gasteiger partial charge in [-0.3, -0.25) is 14.7 Å². The third kappa shape index (κ3) is 3.74. The quantitative estimate of drug-likeness (QED) is 0.247. The van der Waals surface area contributed by atoms with Crippen molar-refractivity contribution in [2.75, 3.05) is 13.1 Å². The summed E-state index contributed by atoms with van der Waals surface area (Å²) in [6.45, 7) is 2.96. The van der Waals surface area contributed by atoms with Crippen molar-refractivity contribution in [1.29, 1.82) is 0 Å². The van der Waals surface area contributed by atoms with Crippen molar-refractivity contribution in [3.8, 4) is 0 Å². The number of aryl methyl sites for hydroxylation is 1. The maximum Gasteiger partial charge on any atom is 0.195 e. The number of likely N-dealkylation sites (tertiary alicyclic amines) is 1. The molecule has 0 amide bonds. The molecule has 38 heavy (non-hydrogen) atoms. The summed E-state index contributed by atoms with van der Waals surface area (Å²) in [7, 11) is 2.01. The lowest BCUT2D eigenvalue weighted by Gasteiger charge is -2.33. The van der Waals surface area contributed by atoms with Crippen LogP contribution in [0.25, 0.3) is 32.7 Å². The Bertz CT molecular complexity index is 1790. The molecule has 0 bridgehead atoms. The van der Waals surface area contributed by atoms with E-state index >= 15 is 0 Å². The Labute approximate surface area is 221 Å². The minimum atomic E-state index is 0.0838. The van der Waals surface area contributed by atoms with Crippen LogP contribution in [0.4, 0.5) is 0 Å². The number of nitrogens with zero attached hydrogens (tertiary/aromatic N) is 4. The van der Waals surface area contributed by atoms with Crippen molar-refractivity contribution in [1.82, 2.24) is 19.0 Å². The Morgan fingerprint density at radius 3 is 2.29 bits per heavy atom. The van der Waals surface area contributed by atoms with Crippen LogP contribution in [0.3, 0.4) is 0 Å². The third-order valence-electron chi connectivity index (χ3n) is 8.16. The summed E-state index contributed by atoms with van der Waals surface area (Å²) in [4.78, 5) is 21.1. The van der Waals surface area contributed by atoms with Gasteiger partial charge in [-0.15, -0.1) is 0 Å². The molecule has 1 aliphatic heterocycles. The molecule has 0 N–H and O–H groups in total. The Kier molecular flexibility index (Phi) is 5.59. The topological polar surface area (TPSA) is 43.1 Å². The van der Waals surface area contributed by atoms with E-state index in [4.69, 9.17) is 0 Å². The van der Waals surface area contributed by atoms with Gasteiger partial charge in [0, 0.05) is 83.4 Å². The molecule has 3 aromatic heterocycles. The maximum absolute atomic E-state index is 14.1. The van der Waals surface area contributed by atoms with Crippen LogP contribution in [0.15, 0.2) is 97.3 Å². The van der Waals surface area contributed by atoms with Gasteiger partial charge in [0.2, 0.25) is 0 Å². The third-order valence-corrected chi connectivity index (χ3v) is 8.16. The van der Waals surface area contributed by atoms with E-state index < -0.39 is 0 Å². The zero-order valence-corrected chi connectivity index (χ0v) is 21.5. The zero-order chi connectivity index (χ0) is 25.6. The molecule has 1 aliphatic rings. The Morgan fingerprint density at radius 1 is 0.789 bits per heavy atom. The highest BCUT2D eigenvalue weighted by atomic mass is 16.1. The van der Waals surface area contributed by atoms with Gasteiger partial charge in [0.1, 0.15) is 0 Å². The number of pyridine rings is 1. The lowest BCUT2D eigenvalue weighted by atomic mass is 9.98. The van der Waals surface area contributed by atoms with Crippen molar-refractivity contribution >= 4 is 38.5 Å². The van der Waals surface area contributed by atoms with E-state index in [0.717, 1.165) is 76.5 Å². The average molecular weight is 499 g/mol. The second-order valence-corrected chi connectivity index (χ2v) is 10.4. The Morgan fingerprint density at radius 2 is 1.50 bits per heavy atom. The molecule has 5 heteroatoms. The summed E-state index contributed by atoms with van der Waals surface area (Å²) in [6, 6.07) is 29.5. The molecule has 0 radical (unpaired) electrons. The van der Waals surface area contributed by atoms with Crippen molar-refractivity contribution in [2.45, 2.75) is 25.4 Å². The van der Waals surface area contributed by atoms with E-state index in [-0.39, 0.29) is 5.78 Å². The molecule has 5 nitrogen and oxygen atoms in total. The number of aromatic nitrogens is 3. The zero-order valence-electron chi connectivity index (χ0n) is 21.5. The second kappa shape index (κ2) is 9.26. The molecule has 3 aromatic carbocycles. The fourth-order valence-electron chi connectivity index (χ4n) is 6.36. The molecule has 0 spiro atoms. The first-order valence-corrected chi connectivity index (χ1v) is 13.4. The molecule has 0 aliphatic carbocycles. The molecule has 0 atom stereocenters. The molecule has 7 rings (SSSR count). The molecule has 1 saturated heterocycles. The van der Waals surface area contributed by atoms with E-state index in [1.165, 1.54) is 5.52 Å². The smallest absolute Gasteiger partial charge is 0.195 e. The van der Waals surface area contributed by atoms with Crippen molar-refractivity contribution in [3.05, 3.63) is 114 Å². The van der Waals surface area contributed by atoms with E-state index in [0.29, 0.717) is 6.04 Å². The summed E-state index contributed by atoms with van der Waals surface area (Å²) < 4.78 is 4.55. The lowest BCUT2D eigenvalue weighted by Crippen LogP contribution is -2.34. The first kappa shape index (κ1) is 22.9. The van der Waals surface area contributed by atoms with Crippen LogP contribution in [0.1, 0.15) is 40.5 Å². The fraction of sp³-hybridized carbons (Fsp3) is 0.212. The van der Waals surface area contributed by atoms with Crippen LogP contribution in [0, 0.1) is 0 Å². The van der Waals surface area contributed by atoms with Gasteiger partial charge >= 0.3 is 0 Å². The molecule has 0 saturated carbocycles. The largest absolute Gasteiger partial charge is 0.350 e. The fourth-order valence-corrected chi connectivity index (χ4v) is 6.36. The predicted molar refractivity (Wildman–Crippen MR) is 154 cm³/mol. The standard InChI is InChI=1S/C33H30N4O/c1-35-22-28(25-10-2-4-13-29(25)35)33(38)27-12-8-15-31-32(27)26-11-3-5-14-30(26)37(31)24-16-19-36(20-17-24)21-23-9-6-7-18-34-23/h2-15,18,22,24H,16-17,19-21H2,1H3. The monoisotopic (exact) mass is 498 g/mol. The highest BCUT2D eigenvalue weighted by molar-refractivity contribution is 6.25. The molecular weight excluding hydrogens is 468 g/mol. The number of benzene rings is 3. The van der Waals surface area contributed by atoms with Crippen LogP contribution in [-0.4, -0.2) is 37.9 Å². The Balaban J connectivity index is 1.29. The molecule has 188 valence electrons. The van der Waals surface area contributed by atoms with E-state index in [2.05, 4.69) is 63.0 Å². The number of carbonyl (C=O) groups is 1. The highest BCUT2D eigenvalue weighted by Crippen LogP contribution is 2.38. The number of piperidine rings is 1. The summed E-state index contributed by atoms with van der Waals surface area (Å²) in [5, 5.41) is 3.22. The number of hydrogen-bond acceptors (Lipinski definition) is 3. The molecular formula is C33H30N4O. The van der Waals surface area contributed by atoms with Gasteiger partial charge in [0.15, 0.2) is 5.78 Å². The molecule has 6 aromatic rings. The van der Waals surface area contributed by atoms with Gasteiger partial charge in [0.25, 0.3) is 0 Å². The van der Waals surface area contributed by atoms with Gasteiger partial charge in [-0.2, -0.15) is 0 Å². The lowest BCUT2D eigenvalue weighted by molar-refractivity contribution is 0.104. The van der Waals surface area contributed by atoms with Crippen LogP contribution in [0.2, 0.25) is 0 Å². The van der Waals surface area contributed by atoms with Gasteiger partial charge in [-0.1, -0.05) is 54.6 Å². The minimum Gasteiger partial charge on any atom is -0.350 e. The van der Waals surface area contributed by atoms with Crippen LogP contribution in [0.5, 0.6) is 0 Å². The van der Waals surface area contributed by atoms with Gasteiger partial charge in [0.05, 0.1) is 11.2 Å². The van der Waals surface area contributed by atoms with Gasteiger partial charge < -0.3 is 9.13 Å². The predicted octanol–water partition coefficient (Wildman–Crippen LogP) is 6.75. The number of ketones is 1. The first-order chi connectivity index (χ1) is 18.7. The number of carbonyl (C=O) groups excluding carboxylic acids is 1. The summed E-state index contributed by atoms with van der Waals surface area (Å²) in [5.74, 6) is 0.0838. The van der Waals surface area contributed by atoms with Crippen LogP contribution < -0.4 is 0 Å². The normalized spacial score (nSPS) is 15.1. The van der Waals surface area contributed by atoms with E-state index in [1.807, 2.05) is 60.4 Å². The molecule has 0 unspecified atom stereocenters.